The summed E-state index contributed by atoms with van der Waals surface area (Å²) < 4.78 is 43.9. The highest BCUT2D eigenvalue weighted by atomic mass is 19.4. The minimum Gasteiger partial charge on any atom is -0.449 e. The predicted octanol–water partition coefficient (Wildman–Crippen LogP) is 3.34. The number of halogens is 3. The zero-order valence-electron chi connectivity index (χ0n) is 18.4. The van der Waals surface area contributed by atoms with Gasteiger partial charge < -0.3 is 19.5 Å². The van der Waals surface area contributed by atoms with Crippen LogP contribution in [0.25, 0.3) is 0 Å². The minimum atomic E-state index is -4.74. The van der Waals surface area contributed by atoms with E-state index in [0.29, 0.717) is 25.0 Å². The Balaban J connectivity index is 1.31. The van der Waals surface area contributed by atoms with Gasteiger partial charge in [-0.15, -0.1) is 0 Å². The first-order chi connectivity index (χ1) is 15.6. The fraction of sp³-hybridized carbons (Fsp3) is 0.545. The molecule has 1 saturated carbocycles. The summed E-state index contributed by atoms with van der Waals surface area (Å²) in [7, 11) is 0. The fourth-order valence-electron chi connectivity index (χ4n) is 4.19. The number of ether oxygens (including phenoxy) is 1. The molecule has 2 aromatic heterocycles. The van der Waals surface area contributed by atoms with Crippen molar-refractivity contribution in [2.24, 2.45) is 0 Å². The molecule has 11 heteroatoms. The van der Waals surface area contributed by atoms with E-state index < -0.39 is 23.4 Å². The molecular weight excluding hydrogens is 439 g/mol. The second-order valence-corrected chi connectivity index (χ2v) is 8.71. The number of nitrogens with zero attached hydrogens (tertiary/aromatic N) is 4. The summed E-state index contributed by atoms with van der Waals surface area (Å²) >= 11 is 0. The lowest BCUT2D eigenvalue weighted by molar-refractivity contribution is -0.138. The van der Waals surface area contributed by atoms with Crippen molar-refractivity contribution in [1.82, 2.24) is 19.9 Å². The van der Waals surface area contributed by atoms with E-state index in [4.69, 9.17) is 4.74 Å². The average Bonchev–Trinajstić information content (AvgIpc) is 3.59. The van der Waals surface area contributed by atoms with Gasteiger partial charge >= 0.3 is 12.3 Å². The Kier molecular flexibility index (Phi) is 6.31. The van der Waals surface area contributed by atoms with Crippen molar-refractivity contribution in [1.29, 1.82) is 0 Å². The zero-order valence-corrected chi connectivity index (χ0v) is 18.4. The van der Waals surface area contributed by atoms with Crippen LogP contribution in [0, 0.1) is 0 Å². The molecule has 8 nitrogen and oxygen atoms in total. The SMILES string of the molecule is CC1CN(C(=O)OCCc2c[nH]c(=O)c(C(F)(F)F)c2)C[C@H](C)N1c1ncc(C2CC2)cn1. The molecule has 2 fully saturated rings. The van der Waals surface area contributed by atoms with Crippen molar-refractivity contribution in [3.63, 3.8) is 0 Å². The molecule has 0 aromatic carbocycles. The number of anilines is 1. The molecule has 3 heterocycles. The molecule has 1 saturated heterocycles. The van der Waals surface area contributed by atoms with Gasteiger partial charge in [0, 0.05) is 50.2 Å². The number of nitrogens with one attached hydrogen (secondary N) is 1. The first kappa shape index (κ1) is 23.1. The van der Waals surface area contributed by atoms with Crippen LogP contribution in [-0.2, 0) is 17.3 Å². The van der Waals surface area contributed by atoms with Gasteiger partial charge in [-0.05, 0) is 49.8 Å². The van der Waals surface area contributed by atoms with Crippen LogP contribution in [0.5, 0.6) is 0 Å². The highest BCUT2D eigenvalue weighted by molar-refractivity contribution is 5.68. The number of H-pyrrole nitrogens is 1. The molecule has 1 amide bonds. The van der Waals surface area contributed by atoms with Gasteiger partial charge in [-0.25, -0.2) is 14.8 Å². The Labute approximate surface area is 188 Å². The van der Waals surface area contributed by atoms with Crippen LogP contribution in [0.1, 0.15) is 49.3 Å². The number of amides is 1. The van der Waals surface area contributed by atoms with Gasteiger partial charge in [0.05, 0.1) is 6.61 Å². The van der Waals surface area contributed by atoms with Crippen LogP contribution in [0.15, 0.2) is 29.5 Å². The number of piperazine rings is 1. The summed E-state index contributed by atoms with van der Waals surface area (Å²) in [6.07, 6.45) is 2.10. The number of alkyl halides is 3. The molecule has 2 aliphatic rings. The van der Waals surface area contributed by atoms with Gasteiger partial charge in [0.2, 0.25) is 5.95 Å². The number of rotatable bonds is 5. The van der Waals surface area contributed by atoms with Crippen molar-refractivity contribution in [3.8, 4) is 0 Å². The van der Waals surface area contributed by atoms with Crippen LogP contribution in [0.3, 0.4) is 0 Å². The smallest absolute Gasteiger partial charge is 0.421 e. The first-order valence-corrected chi connectivity index (χ1v) is 10.9. The summed E-state index contributed by atoms with van der Waals surface area (Å²) in [4.78, 5) is 38.7. The van der Waals surface area contributed by atoms with Gasteiger partial charge in [-0.2, -0.15) is 13.2 Å². The normalized spacial score (nSPS) is 21.2. The van der Waals surface area contributed by atoms with Crippen molar-refractivity contribution in [2.45, 2.75) is 57.3 Å². The summed E-state index contributed by atoms with van der Waals surface area (Å²) in [6.45, 7) is 4.68. The molecular formula is C22H26F3N5O3. The van der Waals surface area contributed by atoms with Crippen molar-refractivity contribution >= 4 is 12.0 Å². The van der Waals surface area contributed by atoms with Crippen LogP contribution in [0.2, 0.25) is 0 Å². The Bertz CT molecular complexity index is 1040. The van der Waals surface area contributed by atoms with Crippen LogP contribution < -0.4 is 10.5 Å². The number of hydrogen-bond donors (Lipinski definition) is 1. The topological polar surface area (TPSA) is 91.4 Å². The summed E-state index contributed by atoms with van der Waals surface area (Å²) in [5.41, 5.74) is -1.08. The van der Waals surface area contributed by atoms with Crippen LogP contribution in [0.4, 0.5) is 23.9 Å². The molecule has 1 N–H and O–H groups in total. The number of carbonyl (C=O) groups excluding carboxylic acids is 1. The van der Waals surface area contributed by atoms with Crippen molar-refractivity contribution in [3.05, 3.63) is 51.7 Å². The molecule has 1 aliphatic heterocycles. The molecule has 33 heavy (non-hydrogen) atoms. The van der Waals surface area contributed by atoms with E-state index in [-0.39, 0.29) is 30.7 Å². The van der Waals surface area contributed by atoms with E-state index in [1.807, 2.05) is 26.2 Å². The third-order valence-corrected chi connectivity index (χ3v) is 6.00. The molecule has 0 spiro atoms. The monoisotopic (exact) mass is 465 g/mol. The van der Waals surface area contributed by atoms with E-state index in [9.17, 15) is 22.8 Å². The van der Waals surface area contributed by atoms with E-state index in [1.165, 1.54) is 19.0 Å². The molecule has 2 atom stereocenters. The zero-order chi connectivity index (χ0) is 23.8. The van der Waals surface area contributed by atoms with Gasteiger partial charge in [0.1, 0.15) is 5.56 Å². The van der Waals surface area contributed by atoms with Crippen molar-refractivity contribution in [2.75, 3.05) is 24.6 Å². The Hall–Kier alpha value is -3.11. The Morgan fingerprint density at radius 3 is 2.39 bits per heavy atom. The van der Waals surface area contributed by atoms with Gasteiger partial charge in [-0.3, -0.25) is 4.79 Å². The quantitative estimate of drug-likeness (QED) is 0.728. The maximum Gasteiger partial charge on any atom is 0.421 e. The third kappa shape index (κ3) is 5.28. The number of aromatic amines is 1. The summed E-state index contributed by atoms with van der Waals surface area (Å²) in [6, 6.07) is 0.701. The number of aromatic nitrogens is 3. The van der Waals surface area contributed by atoms with E-state index in [0.717, 1.165) is 11.6 Å². The van der Waals surface area contributed by atoms with Gasteiger partial charge in [-0.1, -0.05) is 0 Å². The Morgan fingerprint density at radius 1 is 1.18 bits per heavy atom. The third-order valence-electron chi connectivity index (χ3n) is 6.00. The lowest BCUT2D eigenvalue weighted by Crippen LogP contribution is -2.58. The summed E-state index contributed by atoms with van der Waals surface area (Å²) in [5, 5.41) is 0. The van der Waals surface area contributed by atoms with Crippen LogP contribution >= 0.6 is 0 Å². The van der Waals surface area contributed by atoms with Crippen molar-refractivity contribution < 1.29 is 22.7 Å². The predicted molar refractivity (Wildman–Crippen MR) is 114 cm³/mol. The lowest BCUT2D eigenvalue weighted by Gasteiger charge is -2.43. The van der Waals surface area contributed by atoms with Crippen LogP contribution in [-0.4, -0.2) is 57.7 Å². The number of hydrogen-bond acceptors (Lipinski definition) is 6. The highest BCUT2D eigenvalue weighted by Gasteiger charge is 2.35. The molecule has 0 bridgehead atoms. The van der Waals surface area contributed by atoms with E-state index >= 15 is 0 Å². The lowest BCUT2D eigenvalue weighted by atomic mass is 10.1. The maximum atomic E-state index is 12.9. The average molecular weight is 465 g/mol. The maximum absolute atomic E-state index is 12.9. The first-order valence-electron chi connectivity index (χ1n) is 10.9. The highest BCUT2D eigenvalue weighted by Crippen LogP contribution is 2.39. The molecule has 4 rings (SSSR count). The number of carbonyl (C=O) groups is 1. The minimum absolute atomic E-state index is 0.0402. The fourth-order valence-corrected chi connectivity index (χ4v) is 4.19. The largest absolute Gasteiger partial charge is 0.449 e. The van der Waals surface area contributed by atoms with E-state index in [2.05, 4.69) is 19.9 Å². The molecule has 1 unspecified atom stereocenters. The number of pyridine rings is 1. The Morgan fingerprint density at radius 2 is 1.82 bits per heavy atom. The van der Waals surface area contributed by atoms with E-state index in [1.54, 1.807) is 4.90 Å². The standard InChI is InChI=1S/C22H26F3N5O3/c1-13-11-29(12-14(2)30(13)20-27-9-17(10-28-20)16-3-4-16)21(32)33-6-5-15-7-18(22(23,24)25)19(31)26-8-15/h7-10,13-14,16H,3-6,11-12H2,1-2H3,(H,26,31)/t13-,14?/m0/s1. The van der Waals surface area contributed by atoms with Gasteiger partial charge in [0.15, 0.2) is 0 Å². The molecule has 2 aromatic rings. The molecule has 1 aliphatic carbocycles. The second-order valence-electron chi connectivity index (χ2n) is 8.71. The summed E-state index contributed by atoms with van der Waals surface area (Å²) in [5.74, 6) is 1.21. The molecule has 178 valence electrons. The second kappa shape index (κ2) is 9.03. The van der Waals surface area contributed by atoms with Gasteiger partial charge in [0.25, 0.3) is 5.56 Å². The molecule has 0 radical (unpaired) electrons.